The summed E-state index contributed by atoms with van der Waals surface area (Å²) in [5.41, 5.74) is 1.71. The summed E-state index contributed by atoms with van der Waals surface area (Å²) in [4.78, 5) is 17.9. The Labute approximate surface area is 202 Å². The van der Waals surface area contributed by atoms with Crippen LogP contribution in [-0.4, -0.2) is 42.0 Å². The molecular formula is C25H26FN7O2. The SMILES string of the molecule is CCCn1cc(-c2cc3c(cc2F)OCC[C@H](C)Cn2cnnc2-c2cccc(n2)NC3=O)cn1. The quantitative estimate of drug-likeness (QED) is 0.471. The lowest BCUT2D eigenvalue weighted by atomic mass is 10.0. The second kappa shape index (κ2) is 9.65. The molecule has 4 heterocycles. The van der Waals surface area contributed by atoms with Crippen molar-refractivity contribution in [2.24, 2.45) is 5.92 Å². The molecule has 9 nitrogen and oxygen atoms in total. The zero-order chi connectivity index (χ0) is 24.4. The highest BCUT2D eigenvalue weighted by Gasteiger charge is 2.21. The van der Waals surface area contributed by atoms with Crippen molar-refractivity contribution in [3.8, 4) is 28.4 Å². The minimum atomic E-state index is -0.476. The highest BCUT2D eigenvalue weighted by Crippen LogP contribution is 2.31. The van der Waals surface area contributed by atoms with E-state index in [1.165, 1.54) is 12.1 Å². The molecule has 1 aliphatic heterocycles. The fraction of sp³-hybridized carbons (Fsp3) is 0.320. The van der Waals surface area contributed by atoms with Gasteiger partial charge in [0.1, 0.15) is 29.4 Å². The van der Waals surface area contributed by atoms with E-state index in [-0.39, 0.29) is 22.8 Å². The highest BCUT2D eigenvalue weighted by atomic mass is 19.1. The maximum Gasteiger partial charge on any atom is 0.260 e. The molecular weight excluding hydrogens is 449 g/mol. The molecule has 1 N–H and O–H groups in total. The number of pyridine rings is 1. The first kappa shape index (κ1) is 22.7. The van der Waals surface area contributed by atoms with E-state index in [0.717, 1.165) is 13.0 Å². The third-order valence-electron chi connectivity index (χ3n) is 5.92. The number of hydrogen-bond acceptors (Lipinski definition) is 6. The molecule has 0 radical (unpaired) electrons. The highest BCUT2D eigenvalue weighted by molar-refractivity contribution is 6.06. The number of nitrogens with zero attached hydrogens (tertiary/aromatic N) is 6. The van der Waals surface area contributed by atoms with E-state index in [4.69, 9.17) is 4.74 Å². The van der Waals surface area contributed by atoms with Crippen molar-refractivity contribution in [1.29, 1.82) is 0 Å². The van der Waals surface area contributed by atoms with E-state index in [9.17, 15) is 4.79 Å². The zero-order valence-corrected chi connectivity index (χ0v) is 19.6. The van der Waals surface area contributed by atoms with Crippen molar-refractivity contribution >= 4 is 11.7 Å². The summed E-state index contributed by atoms with van der Waals surface area (Å²) in [7, 11) is 0. The Morgan fingerprint density at radius 2 is 2.14 bits per heavy atom. The number of benzene rings is 1. The molecule has 0 aliphatic carbocycles. The molecule has 4 aromatic rings. The van der Waals surface area contributed by atoms with Crippen LogP contribution in [-0.2, 0) is 13.1 Å². The maximum absolute atomic E-state index is 15.2. The molecule has 180 valence electrons. The number of aromatic nitrogens is 6. The molecule has 10 heteroatoms. The fourth-order valence-corrected chi connectivity index (χ4v) is 4.12. The predicted molar refractivity (Wildman–Crippen MR) is 128 cm³/mol. The van der Waals surface area contributed by atoms with Crippen LogP contribution in [0.2, 0.25) is 0 Å². The van der Waals surface area contributed by atoms with Crippen LogP contribution in [0, 0.1) is 11.7 Å². The van der Waals surface area contributed by atoms with Crippen LogP contribution in [0.1, 0.15) is 37.0 Å². The summed E-state index contributed by atoms with van der Waals surface area (Å²) in [5, 5.41) is 15.4. The summed E-state index contributed by atoms with van der Waals surface area (Å²) >= 11 is 0. The number of halogens is 1. The number of hydrogen-bond donors (Lipinski definition) is 1. The number of nitrogens with one attached hydrogen (secondary N) is 1. The smallest absolute Gasteiger partial charge is 0.260 e. The van der Waals surface area contributed by atoms with E-state index in [1.54, 1.807) is 35.5 Å². The monoisotopic (exact) mass is 475 g/mol. The molecule has 5 rings (SSSR count). The van der Waals surface area contributed by atoms with E-state index in [1.807, 2.05) is 17.6 Å². The number of ether oxygens (including phenoxy) is 1. The van der Waals surface area contributed by atoms with Crippen molar-refractivity contribution in [3.05, 3.63) is 60.4 Å². The van der Waals surface area contributed by atoms with Crippen LogP contribution in [0.4, 0.5) is 10.2 Å². The number of amides is 1. The summed E-state index contributed by atoms with van der Waals surface area (Å²) in [6.45, 7) is 5.86. The van der Waals surface area contributed by atoms with Gasteiger partial charge in [-0.15, -0.1) is 10.2 Å². The molecule has 1 atom stereocenters. The molecule has 0 fully saturated rings. The largest absolute Gasteiger partial charge is 0.493 e. The lowest BCUT2D eigenvalue weighted by molar-refractivity contribution is 0.102. The predicted octanol–water partition coefficient (Wildman–Crippen LogP) is 4.42. The van der Waals surface area contributed by atoms with Gasteiger partial charge in [0.15, 0.2) is 5.82 Å². The first-order valence-corrected chi connectivity index (χ1v) is 11.7. The Balaban J connectivity index is 1.55. The number of carbonyl (C=O) groups is 1. The normalized spacial score (nSPS) is 16.0. The first-order valence-electron chi connectivity index (χ1n) is 11.7. The second-order valence-corrected chi connectivity index (χ2v) is 8.73. The lowest BCUT2D eigenvalue weighted by Gasteiger charge is -2.18. The number of anilines is 1. The third kappa shape index (κ3) is 4.77. The molecule has 2 bridgehead atoms. The molecule has 0 saturated carbocycles. The summed E-state index contributed by atoms with van der Waals surface area (Å²) in [5.74, 6) is 0.464. The zero-order valence-electron chi connectivity index (χ0n) is 19.6. The van der Waals surface area contributed by atoms with Gasteiger partial charge < -0.3 is 14.6 Å². The van der Waals surface area contributed by atoms with Crippen molar-refractivity contribution in [2.45, 2.75) is 39.8 Å². The van der Waals surface area contributed by atoms with E-state index in [2.05, 4.69) is 32.5 Å². The van der Waals surface area contributed by atoms with Gasteiger partial charge >= 0.3 is 0 Å². The number of aryl methyl sites for hydroxylation is 1. The van der Waals surface area contributed by atoms with Crippen molar-refractivity contribution in [2.75, 3.05) is 11.9 Å². The summed E-state index contributed by atoms with van der Waals surface area (Å²) in [6.07, 6.45) is 6.65. The molecule has 1 amide bonds. The van der Waals surface area contributed by atoms with Gasteiger partial charge in [-0.3, -0.25) is 9.48 Å². The van der Waals surface area contributed by atoms with Crippen LogP contribution < -0.4 is 10.1 Å². The summed E-state index contributed by atoms with van der Waals surface area (Å²) < 4.78 is 24.8. The van der Waals surface area contributed by atoms with Gasteiger partial charge in [0, 0.05) is 36.5 Å². The van der Waals surface area contributed by atoms with Gasteiger partial charge in [0.2, 0.25) is 0 Å². The number of fused-ring (bicyclic) bond motifs is 5. The Kier molecular flexibility index (Phi) is 6.26. The average Bonchev–Trinajstić information content (AvgIpc) is 3.49. The van der Waals surface area contributed by atoms with Crippen molar-refractivity contribution in [1.82, 2.24) is 29.5 Å². The minimum absolute atomic E-state index is 0.190. The maximum atomic E-state index is 15.2. The topological polar surface area (TPSA) is 99.8 Å². The fourth-order valence-electron chi connectivity index (χ4n) is 4.12. The molecule has 35 heavy (non-hydrogen) atoms. The van der Waals surface area contributed by atoms with Gasteiger partial charge in [-0.25, -0.2) is 9.37 Å². The van der Waals surface area contributed by atoms with Gasteiger partial charge in [-0.05, 0) is 37.0 Å². The van der Waals surface area contributed by atoms with Crippen LogP contribution in [0.5, 0.6) is 5.75 Å². The van der Waals surface area contributed by atoms with Crippen molar-refractivity contribution < 1.29 is 13.9 Å². The van der Waals surface area contributed by atoms with Crippen LogP contribution in [0.15, 0.2) is 49.1 Å². The van der Waals surface area contributed by atoms with Gasteiger partial charge in [-0.1, -0.05) is 19.9 Å². The Hall–Kier alpha value is -4.08. The molecule has 1 aromatic carbocycles. The molecule has 0 spiro atoms. The third-order valence-corrected chi connectivity index (χ3v) is 5.92. The van der Waals surface area contributed by atoms with Crippen LogP contribution in [0.25, 0.3) is 22.6 Å². The van der Waals surface area contributed by atoms with Crippen LogP contribution in [0.3, 0.4) is 0 Å². The van der Waals surface area contributed by atoms with Crippen molar-refractivity contribution in [3.63, 3.8) is 0 Å². The van der Waals surface area contributed by atoms with Crippen LogP contribution >= 0.6 is 0 Å². The average molecular weight is 476 g/mol. The second-order valence-electron chi connectivity index (χ2n) is 8.73. The molecule has 3 aromatic heterocycles. The van der Waals surface area contributed by atoms with E-state index in [0.29, 0.717) is 42.5 Å². The Morgan fingerprint density at radius 3 is 3.00 bits per heavy atom. The Bertz CT molecular complexity index is 1360. The van der Waals surface area contributed by atoms with Gasteiger partial charge in [0.05, 0.1) is 18.4 Å². The molecule has 0 saturated heterocycles. The lowest BCUT2D eigenvalue weighted by Crippen LogP contribution is -2.18. The Morgan fingerprint density at radius 1 is 1.26 bits per heavy atom. The van der Waals surface area contributed by atoms with E-state index >= 15 is 4.39 Å². The molecule has 0 unspecified atom stereocenters. The first-order chi connectivity index (χ1) is 17.0. The molecule has 1 aliphatic rings. The number of rotatable bonds is 3. The van der Waals surface area contributed by atoms with Gasteiger partial charge in [-0.2, -0.15) is 5.10 Å². The summed E-state index contributed by atoms with van der Waals surface area (Å²) in [6, 6.07) is 8.10. The minimum Gasteiger partial charge on any atom is -0.493 e. The number of carbonyl (C=O) groups excluding carboxylic acids is 1. The standard InChI is InChI=1S/C25H26FN7O2/c1-3-8-33-14-17(12-28-33)18-10-19-22(11-20(18)26)35-9-7-16(2)13-32-15-27-31-24(32)21-5-4-6-23(29-21)30-25(19)34/h4-6,10-12,14-16H,3,7-9,13H2,1-2H3,(H,29,30,34)/t16-/m0/s1. The van der Waals surface area contributed by atoms with E-state index < -0.39 is 11.7 Å². The van der Waals surface area contributed by atoms with Gasteiger partial charge in [0.25, 0.3) is 5.91 Å².